The molecule has 0 amide bonds. The van der Waals surface area contributed by atoms with Crippen LogP contribution in [-0.4, -0.2) is 73.8 Å². The number of rotatable bonds is 5. The Morgan fingerprint density at radius 2 is 1.82 bits per heavy atom. The van der Waals surface area contributed by atoms with Crippen molar-refractivity contribution < 1.29 is 44.3 Å². The summed E-state index contributed by atoms with van der Waals surface area (Å²) in [5, 5.41) is 45.6. The fourth-order valence-corrected chi connectivity index (χ4v) is 9.74. The Balaban J connectivity index is 1.48. The highest BCUT2D eigenvalue weighted by atomic mass is 16.6. The van der Waals surface area contributed by atoms with Crippen LogP contribution in [0.2, 0.25) is 0 Å². The van der Waals surface area contributed by atoms with Crippen molar-refractivity contribution in [2.45, 2.75) is 122 Å². The van der Waals surface area contributed by atoms with E-state index in [9.17, 15) is 34.8 Å². The highest BCUT2D eigenvalue weighted by molar-refractivity contribution is 5.95. The number of allylic oxidation sites excluding steroid dienone is 1. The van der Waals surface area contributed by atoms with Gasteiger partial charge in [0, 0.05) is 24.2 Å². The molecule has 4 fully saturated rings. The van der Waals surface area contributed by atoms with Crippen molar-refractivity contribution in [3.8, 4) is 0 Å². The minimum Gasteiger partial charge on any atom is -0.462 e. The lowest BCUT2D eigenvalue weighted by Gasteiger charge is -2.60. The number of aliphatic hydroxyl groups excluding tert-OH is 2. The molecule has 1 aliphatic heterocycles. The van der Waals surface area contributed by atoms with Crippen LogP contribution in [0.3, 0.4) is 0 Å². The second-order valence-electron chi connectivity index (χ2n) is 14.2. The molecule has 0 spiro atoms. The van der Waals surface area contributed by atoms with Crippen LogP contribution in [0.4, 0.5) is 0 Å². The molecule has 9 heteroatoms. The van der Waals surface area contributed by atoms with Crippen LogP contribution in [-0.2, 0) is 23.9 Å². The van der Waals surface area contributed by atoms with E-state index in [1.165, 1.54) is 6.92 Å². The van der Waals surface area contributed by atoms with Gasteiger partial charge >= 0.3 is 11.9 Å². The van der Waals surface area contributed by atoms with Gasteiger partial charge < -0.3 is 29.9 Å². The molecule has 9 nitrogen and oxygen atoms in total. The standard InChI is InChI=1S/C31H46O9/c1-15-18(16(2)39-27(15)36)11-26(40-17(3)32)30(6,37)25-8-10-31(38)20-12-22(33)21-13-23(34)24(35)14-28(21,4)19(20)7-9-29(25,31)5/h12,15-16,18-19,21,23-26,34-35,37-38H,7-11,13-14H2,1-6H3/t15-,16+,18+,19+,21+,23-,24-,25-,26-,28-,29-,30-,31-/m1/s1. The number of cyclic esters (lactones) is 1. The third-order valence-electron chi connectivity index (χ3n) is 12.2. The predicted molar refractivity (Wildman–Crippen MR) is 143 cm³/mol. The lowest BCUT2D eigenvalue weighted by atomic mass is 9.45. The van der Waals surface area contributed by atoms with Gasteiger partial charge in [-0.3, -0.25) is 14.4 Å². The molecular weight excluding hydrogens is 516 g/mol. The van der Waals surface area contributed by atoms with Crippen molar-refractivity contribution in [1.82, 2.24) is 0 Å². The Labute approximate surface area is 236 Å². The van der Waals surface area contributed by atoms with E-state index in [1.54, 1.807) is 19.9 Å². The average molecular weight is 563 g/mol. The molecule has 5 rings (SSSR count). The molecule has 0 bridgehead atoms. The number of carbonyl (C=O) groups is 3. The van der Waals surface area contributed by atoms with Crippen LogP contribution in [0.25, 0.3) is 0 Å². The number of hydrogen-bond donors (Lipinski definition) is 4. The molecule has 0 aromatic rings. The van der Waals surface area contributed by atoms with E-state index >= 15 is 0 Å². The zero-order valence-corrected chi connectivity index (χ0v) is 24.6. The summed E-state index contributed by atoms with van der Waals surface area (Å²) in [4.78, 5) is 37.9. The summed E-state index contributed by atoms with van der Waals surface area (Å²) in [6.07, 6.45) is 1.21. The van der Waals surface area contributed by atoms with Gasteiger partial charge in [-0.15, -0.1) is 0 Å². The monoisotopic (exact) mass is 562 g/mol. The Kier molecular flexibility index (Phi) is 7.13. The fourth-order valence-electron chi connectivity index (χ4n) is 9.74. The van der Waals surface area contributed by atoms with Gasteiger partial charge in [0.15, 0.2) is 5.78 Å². The molecule has 4 N–H and O–H groups in total. The first kappa shape index (κ1) is 29.7. The lowest BCUT2D eigenvalue weighted by Crippen LogP contribution is -2.63. The molecule has 3 saturated carbocycles. The molecule has 224 valence electrons. The van der Waals surface area contributed by atoms with E-state index in [-0.39, 0.29) is 49.0 Å². The summed E-state index contributed by atoms with van der Waals surface area (Å²) in [7, 11) is 0. The number of esters is 2. The van der Waals surface area contributed by atoms with Gasteiger partial charge in [0.1, 0.15) is 17.8 Å². The highest BCUT2D eigenvalue weighted by Gasteiger charge is 2.69. The molecular formula is C31H46O9. The van der Waals surface area contributed by atoms with Crippen molar-refractivity contribution in [3.63, 3.8) is 0 Å². The van der Waals surface area contributed by atoms with E-state index < -0.39 is 64.1 Å². The van der Waals surface area contributed by atoms with Crippen LogP contribution in [0.15, 0.2) is 11.6 Å². The van der Waals surface area contributed by atoms with Gasteiger partial charge in [0.25, 0.3) is 0 Å². The highest BCUT2D eigenvalue weighted by Crippen LogP contribution is 2.68. The first-order chi connectivity index (χ1) is 18.5. The molecule has 0 radical (unpaired) electrons. The number of carbonyl (C=O) groups excluding carboxylic acids is 3. The van der Waals surface area contributed by atoms with Crippen molar-refractivity contribution in [2.75, 3.05) is 0 Å². The van der Waals surface area contributed by atoms with Crippen LogP contribution in [0, 0.1) is 40.4 Å². The predicted octanol–water partition coefficient (Wildman–Crippen LogP) is 2.46. The number of ether oxygens (including phenoxy) is 2. The summed E-state index contributed by atoms with van der Waals surface area (Å²) >= 11 is 0. The summed E-state index contributed by atoms with van der Waals surface area (Å²) in [5.74, 6) is -2.61. The summed E-state index contributed by atoms with van der Waals surface area (Å²) < 4.78 is 11.2. The third-order valence-corrected chi connectivity index (χ3v) is 12.2. The molecule has 40 heavy (non-hydrogen) atoms. The third kappa shape index (κ3) is 4.13. The second-order valence-corrected chi connectivity index (χ2v) is 14.2. The van der Waals surface area contributed by atoms with Crippen LogP contribution < -0.4 is 0 Å². The van der Waals surface area contributed by atoms with Crippen LogP contribution >= 0.6 is 0 Å². The second kappa shape index (κ2) is 9.61. The fraction of sp³-hybridized carbons (Fsp3) is 0.839. The topological polar surface area (TPSA) is 151 Å². The van der Waals surface area contributed by atoms with E-state index in [2.05, 4.69) is 0 Å². The van der Waals surface area contributed by atoms with E-state index in [4.69, 9.17) is 9.47 Å². The van der Waals surface area contributed by atoms with Crippen molar-refractivity contribution in [1.29, 1.82) is 0 Å². The zero-order valence-electron chi connectivity index (χ0n) is 24.6. The molecule has 1 saturated heterocycles. The Hall–Kier alpha value is -1.81. The molecule has 13 atom stereocenters. The van der Waals surface area contributed by atoms with E-state index in [1.807, 2.05) is 20.8 Å². The van der Waals surface area contributed by atoms with Gasteiger partial charge in [-0.25, -0.2) is 0 Å². The summed E-state index contributed by atoms with van der Waals surface area (Å²) in [6.45, 7) is 10.5. The van der Waals surface area contributed by atoms with Gasteiger partial charge in [-0.05, 0) is 87.7 Å². The zero-order chi connectivity index (χ0) is 29.6. The molecule has 1 heterocycles. The lowest BCUT2D eigenvalue weighted by molar-refractivity contribution is -0.194. The molecule has 0 aromatic carbocycles. The van der Waals surface area contributed by atoms with Crippen LogP contribution in [0.5, 0.6) is 0 Å². The quantitative estimate of drug-likeness (QED) is 0.371. The van der Waals surface area contributed by atoms with Crippen molar-refractivity contribution in [2.24, 2.45) is 40.4 Å². The van der Waals surface area contributed by atoms with Gasteiger partial charge in [0.2, 0.25) is 0 Å². The van der Waals surface area contributed by atoms with Crippen molar-refractivity contribution in [3.05, 3.63) is 11.6 Å². The maximum absolute atomic E-state index is 13.4. The SMILES string of the molecule is CC(=O)O[C@H](C[C@@H]1[C@H](C)OC(=O)[C@@H]1C)[C@](C)(O)[C@@H]1CC[C@@]2(O)C3=CC(=O)[C@@H]4C[C@@H](O)[C@H](O)C[C@]4(C)[C@H]3CC[C@]12C. The normalized spacial score (nSPS) is 48.7. The Morgan fingerprint density at radius 3 is 2.42 bits per heavy atom. The van der Waals surface area contributed by atoms with E-state index in [0.29, 0.717) is 31.3 Å². The first-order valence-corrected chi connectivity index (χ1v) is 14.9. The number of ketones is 1. The summed E-state index contributed by atoms with van der Waals surface area (Å²) in [6, 6.07) is 0. The molecule has 0 unspecified atom stereocenters. The Morgan fingerprint density at radius 1 is 1.15 bits per heavy atom. The van der Waals surface area contributed by atoms with Gasteiger partial charge in [-0.2, -0.15) is 0 Å². The van der Waals surface area contributed by atoms with Crippen LogP contribution in [0.1, 0.15) is 86.5 Å². The average Bonchev–Trinajstić information content (AvgIpc) is 3.27. The number of fused-ring (bicyclic) bond motifs is 5. The smallest absolute Gasteiger partial charge is 0.309 e. The van der Waals surface area contributed by atoms with Gasteiger partial charge in [0.05, 0.1) is 23.7 Å². The minimum atomic E-state index is -1.53. The Bertz CT molecular complexity index is 1110. The largest absolute Gasteiger partial charge is 0.462 e. The number of aliphatic hydroxyl groups is 4. The summed E-state index contributed by atoms with van der Waals surface area (Å²) in [5.41, 5.74) is -3.61. The first-order valence-electron chi connectivity index (χ1n) is 14.9. The molecule has 5 aliphatic rings. The minimum absolute atomic E-state index is 0.126. The molecule has 4 aliphatic carbocycles. The van der Waals surface area contributed by atoms with E-state index in [0.717, 1.165) is 0 Å². The van der Waals surface area contributed by atoms with Crippen molar-refractivity contribution >= 4 is 17.7 Å². The maximum Gasteiger partial charge on any atom is 0.309 e. The number of hydrogen-bond acceptors (Lipinski definition) is 9. The maximum atomic E-state index is 13.4. The molecule has 0 aromatic heterocycles. The van der Waals surface area contributed by atoms with Gasteiger partial charge in [-0.1, -0.05) is 20.8 Å².